The third kappa shape index (κ3) is 3.06. The van der Waals surface area contributed by atoms with Gasteiger partial charge in [-0.1, -0.05) is 12.1 Å². The Balaban J connectivity index is 1.54. The number of benzene rings is 1. The number of imidazole rings is 1. The molecule has 4 rings (SSSR count). The Bertz CT molecular complexity index is 694. The smallest absolute Gasteiger partial charge is 0.122 e. The van der Waals surface area contributed by atoms with Gasteiger partial charge in [0.1, 0.15) is 11.6 Å². The lowest BCUT2D eigenvalue weighted by Crippen LogP contribution is -2.37. The molecule has 0 unspecified atom stereocenters. The van der Waals surface area contributed by atoms with Crippen molar-refractivity contribution < 1.29 is 4.74 Å². The molecule has 1 aromatic carbocycles. The first-order valence-corrected chi connectivity index (χ1v) is 8.85. The molecule has 2 heterocycles. The Morgan fingerprint density at radius 3 is 2.88 bits per heavy atom. The number of nitrogens with one attached hydrogen (secondary N) is 1. The summed E-state index contributed by atoms with van der Waals surface area (Å²) >= 11 is 0. The minimum absolute atomic E-state index is 0.424. The van der Waals surface area contributed by atoms with Crippen LogP contribution in [0.3, 0.4) is 0 Å². The van der Waals surface area contributed by atoms with E-state index in [1.54, 1.807) is 7.11 Å². The third-order valence-corrected chi connectivity index (χ3v) is 5.33. The minimum Gasteiger partial charge on any atom is -0.497 e. The average Bonchev–Trinajstić information content (AvgIpc) is 3.24. The summed E-state index contributed by atoms with van der Waals surface area (Å²) < 4.78 is 7.53. The van der Waals surface area contributed by atoms with E-state index >= 15 is 0 Å². The van der Waals surface area contributed by atoms with Crippen molar-refractivity contribution in [3.05, 3.63) is 48.0 Å². The third-order valence-electron chi connectivity index (χ3n) is 5.33. The zero-order valence-corrected chi connectivity index (χ0v) is 14.5. The van der Waals surface area contributed by atoms with E-state index in [2.05, 4.69) is 45.0 Å². The number of hydrogen-bond acceptors (Lipinski definition) is 4. The number of nitrogens with zero attached hydrogens (tertiary/aromatic N) is 3. The molecule has 0 radical (unpaired) electrons. The van der Waals surface area contributed by atoms with Gasteiger partial charge < -0.3 is 14.6 Å². The van der Waals surface area contributed by atoms with Crippen LogP contribution in [-0.2, 0) is 13.6 Å². The molecule has 0 amide bonds. The van der Waals surface area contributed by atoms with Crippen molar-refractivity contribution in [3.8, 4) is 5.75 Å². The second kappa shape index (κ2) is 6.57. The van der Waals surface area contributed by atoms with E-state index in [0.717, 1.165) is 24.2 Å². The quantitative estimate of drug-likeness (QED) is 0.886. The fourth-order valence-corrected chi connectivity index (χ4v) is 3.88. The summed E-state index contributed by atoms with van der Waals surface area (Å²) in [6.45, 7) is 1.98. The fraction of sp³-hybridized carbons (Fsp3) is 0.526. The van der Waals surface area contributed by atoms with Crippen molar-refractivity contribution in [1.29, 1.82) is 0 Å². The molecule has 0 bridgehead atoms. The number of hydrogen-bond donors (Lipinski definition) is 1. The highest BCUT2D eigenvalue weighted by molar-refractivity contribution is 5.32. The van der Waals surface area contributed by atoms with Crippen molar-refractivity contribution in [1.82, 2.24) is 19.8 Å². The van der Waals surface area contributed by atoms with Gasteiger partial charge in [0.15, 0.2) is 0 Å². The van der Waals surface area contributed by atoms with Gasteiger partial charge in [-0.15, -0.1) is 0 Å². The Labute approximate surface area is 143 Å². The molecule has 2 aromatic rings. The summed E-state index contributed by atoms with van der Waals surface area (Å²) in [4.78, 5) is 7.12. The lowest BCUT2D eigenvalue weighted by molar-refractivity contribution is 0.225. The molecule has 2 atom stereocenters. The summed E-state index contributed by atoms with van der Waals surface area (Å²) in [6, 6.07) is 10.2. The van der Waals surface area contributed by atoms with E-state index in [4.69, 9.17) is 4.74 Å². The molecule has 2 fully saturated rings. The van der Waals surface area contributed by atoms with Gasteiger partial charge in [-0.05, 0) is 37.0 Å². The Kier molecular flexibility index (Phi) is 4.29. The Morgan fingerprint density at radius 2 is 2.17 bits per heavy atom. The lowest BCUT2D eigenvalue weighted by Gasteiger charge is -2.29. The molecule has 1 saturated carbocycles. The van der Waals surface area contributed by atoms with Gasteiger partial charge in [0.25, 0.3) is 0 Å². The van der Waals surface area contributed by atoms with Crippen molar-refractivity contribution in [2.75, 3.05) is 13.7 Å². The lowest BCUT2D eigenvalue weighted by atomic mass is 9.99. The standard InChI is InChI=1S/C19H26N4O/c1-22-11-9-20-18(22)13-21-17-8-10-23(15-6-7-15)19(17)14-4-3-5-16(12-14)24-2/h3-5,9,11-12,15,17,19,21H,6-8,10,13H2,1-2H3/t17-,19+/m1/s1. The molecule has 0 spiro atoms. The van der Waals surface area contributed by atoms with Crippen LogP contribution in [-0.4, -0.2) is 40.2 Å². The first-order chi connectivity index (χ1) is 11.8. The highest BCUT2D eigenvalue weighted by Gasteiger charge is 2.42. The van der Waals surface area contributed by atoms with Crippen molar-refractivity contribution in [2.45, 2.75) is 43.9 Å². The largest absolute Gasteiger partial charge is 0.497 e. The SMILES string of the molecule is COc1cccc([C@H]2[C@H](NCc3nccn3C)CCN2C2CC2)c1. The van der Waals surface area contributed by atoms with E-state index < -0.39 is 0 Å². The number of aromatic nitrogens is 2. The summed E-state index contributed by atoms with van der Waals surface area (Å²) in [5, 5.41) is 3.76. The molecule has 128 valence electrons. The summed E-state index contributed by atoms with van der Waals surface area (Å²) in [5.74, 6) is 2.03. The van der Waals surface area contributed by atoms with E-state index in [-0.39, 0.29) is 0 Å². The Morgan fingerprint density at radius 1 is 1.29 bits per heavy atom. The van der Waals surface area contributed by atoms with E-state index in [1.807, 2.05) is 18.5 Å². The number of ether oxygens (including phenoxy) is 1. The maximum absolute atomic E-state index is 5.44. The van der Waals surface area contributed by atoms with Crippen LogP contribution in [0.1, 0.15) is 36.7 Å². The first kappa shape index (κ1) is 15.7. The number of methoxy groups -OCH3 is 1. The summed E-state index contributed by atoms with van der Waals surface area (Å²) in [7, 11) is 3.79. The molecule has 1 saturated heterocycles. The molecule has 24 heavy (non-hydrogen) atoms. The predicted molar refractivity (Wildman–Crippen MR) is 93.9 cm³/mol. The summed E-state index contributed by atoms with van der Waals surface area (Å²) in [5.41, 5.74) is 1.36. The Hall–Kier alpha value is -1.85. The van der Waals surface area contributed by atoms with Crippen LogP contribution in [0.25, 0.3) is 0 Å². The van der Waals surface area contributed by atoms with Crippen LogP contribution in [0.15, 0.2) is 36.7 Å². The highest BCUT2D eigenvalue weighted by Crippen LogP contribution is 2.41. The fourth-order valence-electron chi connectivity index (χ4n) is 3.88. The normalized spacial score (nSPS) is 24.4. The van der Waals surface area contributed by atoms with E-state index in [9.17, 15) is 0 Å². The molecule has 1 aliphatic heterocycles. The van der Waals surface area contributed by atoms with Crippen LogP contribution >= 0.6 is 0 Å². The monoisotopic (exact) mass is 326 g/mol. The zero-order valence-electron chi connectivity index (χ0n) is 14.5. The topological polar surface area (TPSA) is 42.3 Å². The second-order valence-corrected chi connectivity index (χ2v) is 6.92. The highest BCUT2D eigenvalue weighted by atomic mass is 16.5. The van der Waals surface area contributed by atoms with Gasteiger partial charge in [-0.25, -0.2) is 4.98 Å². The molecular weight excluding hydrogens is 300 g/mol. The molecule has 5 nitrogen and oxygen atoms in total. The number of aryl methyl sites for hydroxylation is 1. The van der Waals surface area contributed by atoms with Crippen LogP contribution in [0.5, 0.6) is 5.75 Å². The van der Waals surface area contributed by atoms with Crippen molar-refractivity contribution in [2.24, 2.45) is 7.05 Å². The van der Waals surface area contributed by atoms with Crippen LogP contribution < -0.4 is 10.1 Å². The van der Waals surface area contributed by atoms with Gasteiger partial charge >= 0.3 is 0 Å². The van der Waals surface area contributed by atoms with Gasteiger partial charge in [0.2, 0.25) is 0 Å². The molecule has 1 N–H and O–H groups in total. The number of rotatable bonds is 6. The first-order valence-electron chi connectivity index (χ1n) is 8.85. The van der Waals surface area contributed by atoms with Crippen molar-refractivity contribution >= 4 is 0 Å². The maximum atomic E-state index is 5.44. The molecule has 1 aromatic heterocycles. The van der Waals surface area contributed by atoms with Gasteiger partial charge in [0, 0.05) is 38.1 Å². The number of likely N-dealkylation sites (tertiary alicyclic amines) is 1. The molecule has 2 aliphatic rings. The summed E-state index contributed by atoms with van der Waals surface area (Å²) in [6.07, 6.45) is 7.73. The van der Waals surface area contributed by atoms with Gasteiger partial charge in [0.05, 0.1) is 19.7 Å². The van der Waals surface area contributed by atoms with Crippen LogP contribution in [0, 0.1) is 0 Å². The molecular formula is C19H26N4O. The van der Waals surface area contributed by atoms with Gasteiger partial charge in [-0.3, -0.25) is 4.90 Å². The zero-order chi connectivity index (χ0) is 16.5. The van der Waals surface area contributed by atoms with Crippen LogP contribution in [0.2, 0.25) is 0 Å². The second-order valence-electron chi connectivity index (χ2n) is 6.92. The molecule has 1 aliphatic carbocycles. The maximum Gasteiger partial charge on any atom is 0.122 e. The van der Waals surface area contributed by atoms with E-state index in [1.165, 1.54) is 31.4 Å². The molecule has 5 heteroatoms. The van der Waals surface area contributed by atoms with Crippen LogP contribution in [0.4, 0.5) is 0 Å². The van der Waals surface area contributed by atoms with Crippen molar-refractivity contribution in [3.63, 3.8) is 0 Å². The van der Waals surface area contributed by atoms with E-state index in [0.29, 0.717) is 12.1 Å². The van der Waals surface area contributed by atoms with Gasteiger partial charge in [-0.2, -0.15) is 0 Å². The minimum atomic E-state index is 0.424. The average molecular weight is 326 g/mol. The predicted octanol–water partition coefficient (Wildman–Crippen LogP) is 2.50.